The third-order valence-electron chi connectivity index (χ3n) is 8.51. The Balaban J connectivity index is 1.72. The summed E-state index contributed by atoms with van der Waals surface area (Å²) in [6, 6.07) is 0. The van der Waals surface area contributed by atoms with Crippen molar-refractivity contribution in [3.8, 4) is 0 Å². The van der Waals surface area contributed by atoms with Gasteiger partial charge in [-0.05, 0) is 73.0 Å². The average molecular weight is 292 g/mol. The minimum atomic E-state index is -0.143. The van der Waals surface area contributed by atoms with Gasteiger partial charge in [0.05, 0.1) is 12.2 Å². The Morgan fingerprint density at radius 3 is 2.38 bits per heavy atom. The van der Waals surface area contributed by atoms with Crippen molar-refractivity contribution < 1.29 is 10.2 Å². The van der Waals surface area contributed by atoms with Crippen LogP contribution in [-0.4, -0.2) is 22.4 Å². The average Bonchev–Trinajstić information content (AvgIpc) is 2.84. The number of aliphatic hydroxyl groups excluding tert-OH is 2. The van der Waals surface area contributed by atoms with Crippen molar-refractivity contribution in [1.82, 2.24) is 0 Å². The molecule has 120 valence electrons. The summed E-state index contributed by atoms with van der Waals surface area (Å²) in [4.78, 5) is 0. The van der Waals surface area contributed by atoms with Crippen molar-refractivity contribution in [2.75, 3.05) is 0 Å². The zero-order valence-corrected chi connectivity index (χ0v) is 13.7. The van der Waals surface area contributed by atoms with Gasteiger partial charge in [0.25, 0.3) is 0 Å². The third-order valence-corrected chi connectivity index (χ3v) is 8.51. The third kappa shape index (κ3) is 1.84. The van der Waals surface area contributed by atoms with Crippen molar-refractivity contribution >= 4 is 0 Å². The molecule has 0 heterocycles. The molecule has 0 unspecified atom stereocenters. The van der Waals surface area contributed by atoms with Crippen LogP contribution in [0.5, 0.6) is 0 Å². The molecule has 4 fully saturated rings. The summed E-state index contributed by atoms with van der Waals surface area (Å²) in [6.07, 6.45) is 10.7. The van der Waals surface area contributed by atoms with Crippen LogP contribution in [-0.2, 0) is 0 Å². The van der Waals surface area contributed by atoms with Crippen LogP contribution in [0.1, 0.15) is 71.6 Å². The van der Waals surface area contributed by atoms with Crippen LogP contribution in [0.15, 0.2) is 0 Å². The van der Waals surface area contributed by atoms with Crippen molar-refractivity contribution in [2.24, 2.45) is 34.5 Å². The fourth-order valence-electron chi connectivity index (χ4n) is 7.21. The van der Waals surface area contributed by atoms with Crippen molar-refractivity contribution in [3.05, 3.63) is 0 Å². The molecule has 0 radical (unpaired) electrons. The predicted molar refractivity (Wildman–Crippen MR) is 83.7 cm³/mol. The first kappa shape index (κ1) is 14.5. The second-order valence-corrected chi connectivity index (χ2v) is 9.19. The zero-order chi connectivity index (χ0) is 14.8. The molecule has 4 aliphatic carbocycles. The molecular formula is C19H32O2. The molecule has 0 amide bonds. The lowest BCUT2D eigenvalue weighted by Crippen LogP contribution is -2.60. The first-order valence-corrected chi connectivity index (χ1v) is 9.33. The maximum absolute atomic E-state index is 10.9. The van der Waals surface area contributed by atoms with Gasteiger partial charge in [-0.25, -0.2) is 0 Å². The van der Waals surface area contributed by atoms with E-state index in [1.54, 1.807) is 0 Å². The van der Waals surface area contributed by atoms with E-state index in [9.17, 15) is 10.2 Å². The van der Waals surface area contributed by atoms with E-state index in [-0.39, 0.29) is 17.6 Å². The minimum Gasteiger partial charge on any atom is -0.393 e. The lowest BCUT2D eigenvalue weighted by Gasteiger charge is -2.62. The molecule has 21 heavy (non-hydrogen) atoms. The van der Waals surface area contributed by atoms with Crippen LogP contribution in [0.25, 0.3) is 0 Å². The standard InChI is InChI=1S/C19H32O2/c1-18-8-4-3-6-12(18)10-15(20)17-13-7-5-9-19(13,2)16(21)11-14(17)18/h12-17,20-21H,3-11H2,1-2H3/t12-,13+,14+,15-,16-,17+,18+,19-/m1/s1. The predicted octanol–water partition coefficient (Wildman–Crippen LogP) is 3.75. The molecule has 2 nitrogen and oxygen atoms in total. The summed E-state index contributed by atoms with van der Waals surface area (Å²) in [6.45, 7) is 4.79. The molecule has 0 saturated heterocycles. The van der Waals surface area contributed by atoms with Crippen LogP contribution in [0.2, 0.25) is 0 Å². The molecule has 0 aromatic carbocycles. The normalized spacial score (nSPS) is 60.0. The molecule has 0 spiro atoms. The van der Waals surface area contributed by atoms with Gasteiger partial charge >= 0.3 is 0 Å². The SMILES string of the molecule is C[C@]12CCCC[C@@H]1C[C@@H](O)[C@@H]1[C@@H]2C[C@@H](O)[C@]2(C)CCC[C@@H]12. The summed E-state index contributed by atoms with van der Waals surface area (Å²) in [5.41, 5.74) is 0.465. The van der Waals surface area contributed by atoms with E-state index < -0.39 is 0 Å². The maximum atomic E-state index is 10.9. The van der Waals surface area contributed by atoms with Crippen molar-refractivity contribution in [3.63, 3.8) is 0 Å². The number of hydrogen-bond donors (Lipinski definition) is 2. The maximum Gasteiger partial charge on any atom is 0.0599 e. The van der Waals surface area contributed by atoms with Gasteiger partial charge in [0.15, 0.2) is 0 Å². The highest BCUT2D eigenvalue weighted by atomic mass is 16.3. The Hall–Kier alpha value is -0.0800. The molecule has 4 saturated carbocycles. The molecular weight excluding hydrogens is 260 g/mol. The Bertz CT molecular complexity index is 422. The van der Waals surface area contributed by atoms with Gasteiger partial charge in [-0.3, -0.25) is 0 Å². The van der Waals surface area contributed by atoms with Gasteiger partial charge in [-0.15, -0.1) is 0 Å². The smallest absolute Gasteiger partial charge is 0.0599 e. The number of fused-ring (bicyclic) bond motifs is 5. The first-order valence-electron chi connectivity index (χ1n) is 9.33. The first-order chi connectivity index (χ1) is 9.97. The molecule has 0 aromatic heterocycles. The molecule has 0 aliphatic heterocycles. The summed E-state index contributed by atoms with van der Waals surface area (Å²) in [5.74, 6) is 2.26. The van der Waals surface area contributed by atoms with Crippen LogP contribution in [0.4, 0.5) is 0 Å². The molecule has 4 rings (SSSR count). The van der Waals surface area contributed by atoms with Gasteiger partial charge in [-0.2, -0.15) is 0 Å². The van der Waals surface area contributed by atoms with Crippen LogP contribution >= 0.6 is 0 Å². The van der Waals surface area contributed by atoms with E-state index in [4.69, 9.17) is 0 Å². The zero-order valence-electron chi connectivity index (χ0n) is 13.7. The van der Waals surface area contributed by atoms with Crippen molar-refractivity contribution in [2.45, 2.75) is 83.8 Å². The van der Waals surface area contributed by atoms with E-state index in [2.05, 4.69) is 13.8 Å². The second-order valence-electron chi connectivity index (χ2n) is 9.19. The molecule has 2 heteroatoms. The van der Waals surface area contributed by atoms with Crippen LogP contribution in [0.3, 0.4) is 0 Å². The number of aliphatic hydroxyl groups is 2. The van der Waals surface area contributed by atoms with E-state index >= 15 is 0 Å². The van der Waals surface area contributed by atoms with Crippen LogP contribution < -0.4 is 0 Å². The van der Waals surface area contributed by atoms with Gasteiger partial charge in [0, 0.05) is 0 Å². The summed E-state index contributed by atoms with van der Waals surface area (Å²) >= 11 is 0. The fourth-order valence-corrected chi connectivity index (χ4v) is 7.21. The quantitative estimate of drug-likeness (QED) is 0.714. The molecule has 4 aliphatic rings. The highest BCUT2D eigenvalue weighted by Crippen LogP contribution is 2.66. The summed E-state index contributed by atoms with van der Waals surface area (Å²) in [5, 5.41) is 21.8. The molecule has 2 N–H and O–H groups in total. The fraction of sp³-hybridized carbons (Fsp3) is 1.00. The molecule has 0 aromatic rings. The molecule has 0 bridgehead atoms. The Labute approximate surface area is 129 Å². The highest BCUT2D eigenvalue weighted by molar-refractivity contribution is 5.11. The molecule has 8 atom stereocenters. The van der Waals surface area contributed by atoms with Crippen molar-refractivity contribution in [1.29, 1.82) is 0 Å². The van der Waals surface area contributed by atoms with Gasteiger partial charge < -0.3 is 10.2 Å². The van der Waals surface area contributed by atoms with E-state index in [1.165, 1.54) is 38.5 Å². The van der Waals surface area contributed by atoms with E-state index in [1.807, 2.05) is 0 Å². The van der Waals surface area contributed by atoms with Gasteiger partial charge in [0.1, 0.15) is 0 Å². The lowest BCUT2D eigenvalue weighted by molar-refractivity contribution is -0.190. The van der Waals surface area contributed by atoms with Crippen LogP contribution in [0, 0.1) is 34.5 Å². The number of hydrogen-bond acceptors (Lipinski definition) is 2. The summed E-state index contributed by atoms with van der Waals surface area (Å²) < 4.78 is 0. The Morgan fingerprint density at radius 2 is 1.57 bits per heavy atom. The highest BCUT2D eigenvalue weighted by Gasteiger charge is 2.62. The van der Waals surface area contributed by atoms with Gasteiger partial charge in [0.2, 0.25) is 0 Å². The monoisotopic (exact) mass is 292 g/mol. The Kier molecular flexibility index (Phi) is 3.25. The Morgan fingerprint density at radius 1 is 0.810 bits per heavy atom. The van der Waals surface area contributed by atoms with E-state index in [0.29, 0.717) is 29.1 Å². The van der Waals surface area contributed by atoms with Gasteiger partial charge in [-0.1, -0.05) is 33.1 Å². The minimum absolute atomic E-state index is 0.0833. The lowest BCUT2D eigenvalue weighted by atomic mass is 9.44. The van der Waals surface area contributed by atoms with E-state index in [0.717, 1.165) is 19.3 Å². The summed E-state index contributed by atoms with van der Waals surface area (Å²) in [7, 11) is 0. The number of rotatable bonds is 0. The topological polar surface area (TPSA) is 40.5 Å². The largest absolute Gasteiger partial charge is 0.393 e. The second kappa shape index (κ2) is 4.71.